The molecule has 0 unspecified atom stereocenters. The van der Waals surface area contributed by atoms with Crippen LogP contribution in [0.4, 0.5) is 10.5 Å². The molecule has 1 heterocycles. The van der Waals surface area contributed by atoms with Crippen LogP contribution in [0.3, 0.4) is 0 Å². The lowest BCUT2D eigenvalue weighted by atomic mass is 10.0. The highest BCUT2D eigenvalue weighted by Gasteiger charge is 2.21. The van der Waals surface area contributed by atoms with Crippen molar-refractivity contribution in [1.82, 2.24) is 10.3 Å². The van der Waals surface area contributed by atoms with E-state index in [0.717, 1.165) is 16.7 Å². The number of anilines is 1. The van der Waals surface area contributed by atoms with Gasteiger partial charge in [-0.05, 0) is 47.9 Å². The first-order valence-corrected chi connectivity index (χ1v) is 12.1. The highest BCUT2D eigenvalue weighted by molar-refractivity contribution is 7.80. The van der Waals surface area contributed by atoms with Crippen molar-refractivity contribution in [2.24, 2.45) is 0 Å². The van der Waals surface area contributed by atoms with Crippen LogP contribution in [-0.4, -0.2) is 17.0 Å². The zero-order valence-electron chi connectivity index (χ0n) is 19.8. The zero-order chi connectivity index (χ0) is 25.3. The normalized spacial score (nSPS) is 12.3. The van der Waals surface area contributed by atoms with Gasteiger partial charge in [-0.25, -0.2) is 4.79 Å². The molecule has 0 aliphatic carbocycles. The van der Waals surface area contributed by atoms with Gasteiger partial charge in [0.2, 0.25) is 0 Å². The van der Waals surface area contributed by atoms with E-state index in [1.54, 1.807) is 30.6 Å². The summed E-state index contributed by atoms with van der Waals surface area (Å²) in [5.74, 6) is -0.231. The van der Waals surface area contributed by atoms with Gasteiger partial charge in [-0.1, -0.05) is 67.6 Å². The number of carbonyl (C=O) groups is 2. The van der Waals surface area contributed by atoms with Gasteiger partial charge in [-0.15, -0.1) is 12.6 Å². The van der Waals surface area contributed by atoms with Crippen LogP contribution in [0, 0.1) is 0 Å². The van der Waals surface area contributed by atoms with Crippen molar-refractivity contribution < 1.29 is 14.3 Å². The monoisotopic (exact) mass is 497 g/mol. The summed E-state index contributed by atoms with van der Waals surface area (Å²) in [4.78, 5) is 30.4. The van der Waals surface area contributed by atoms with Crippen molar-refractivity contribution in [1.29, 1.82) is 0 Å². The Morgan fingerprint density at radius 3 is 2.22 bits per heavy atom. The Morgan fingerprint density at radius 2 is 1.56 bits per heavy atom. The summed E-state index contributed by atoms with van der Waals surface area (Å²) in [6.07, 6.45) is 2.90. The maximum absolute atomic E-state index is 12.9. The Balaban J connectivity index is 1.44. The van der Waals surface area contributed by atoms with Crippen molar-refractivity contribution in [3.8, 4) is 0 Å². The molecule has 3 aromatic carbocycles. The van der Waals surface area contributed by atoms with Crippen molar-refractivity contribution in [2.75, 3.05) is 5.32 Å². The van der Waals surface area contributed by atoms with E-state index in [4.69, 9.17) is 4.74 Å². The number of para-hydroxylation sites is 1. The third-order valence-corrected chi connectivity index (χ3v) is 6.13. The van der Waals surface area contributed by atoms with Gasteiger partial charge in [0.05, 0.1) is 11.7 Å². The molecule has 0 aliphatic heterocycles. The second kappa shape index (κ2) is 12.0. The molecule has 0 fully saturated rings. The number of nitrogens with zero attached hydrogens (tertiary/aromatic N) is 1. The van der Waals surface area contributed by atoms with Crippen molar-refractivity contribution >= 4 is 30.3 Å². The van der Waals surface area contributed by atoms with Gasteiger partial charge in [0.1, 0.15) is 0 Å². The molecule has 6 nitrogen and oxygen atoms in total. The minimum absolute atomic E-state index is 0.231. The van der Waals surface area contributed by atoms with Gasteiger partial charge in [0.15, 0.2) is 6.10 Å². The van der Waals surface area contributed by atoms with Crippen LogP contribution >= 0.6 is 12.6 Å². The fourth-order valence-corrected chi connectivity index (χ4v) is 4.05. The van der Waals surface area contributed by atoms with Crippen LogP contribution in [0.2, 0.25) is 0 Å². The zero-order valence-corrected chi connectivity index (χ0v) is 20.7. The lowest BCUT2D eigenvalue weighted by Gasteiger charge is -2.22. The number of hydrogen-bond acceptors (Lipinski definition) is 5. The Morgan fingerprint density at radius 1 is 0.861 bits per heavy atom. The number of thiol groups is 1. The van der Waals surface area contributed by atoms with E-state index in [9.17, 15) is 9.59 Å². The molecule has 182 valence electrons. The molecule has 1 aromatic heterocycles. The standard InChI is InChI=1S/C29H27N3O3S/c1-2-24(20-14-16-22(17-15-20)28(33)31-25-12-6-7-13-26(25)36)32-29(34)35-27(21-9-4-3-5-10-21)23-11-8-18-30-19-23/h3-19,24,27,36H,2H2,1H3,(H,31,33)(H,32,34)/t24-,27-/m0/s1. The first-order chi connectivity index (χ1) is 17.5. The van der Waals surface area contributed by atoms with Crippen molar-refractivity contribution in [2.45, 2.75) is 30.4 Å². The number of amides is 2. The number of aromatic nitrogens is 1. The molecule has 0 saturated heterocycles. The van der Waals surface area contributed by atoms with Gasteiger partial charge >= 0.3 is 6.09 Å². The van der Waals surface area contributed by atoms with Crippen LogP contribution in [-0.2, 0) is 4.74 Å². The number of ether oxygens (including phenoxy) is 1. The van der Waals surface area contributed by atoms with E-state index in [0.29, 0.717) is 22.6 Å². The summed E-state index contributed by atoms with van der Waals surface area (Å²) < 4.78 is 5.85. The highest BCUT2D eigenvalue weighted by atomic mass is 32.1. The summed E-state index contributed by atoms with van der Waals surface area (Å²) in [6, 6.07) is 27.4. The number of nitrogens with one attached hydrogen (secondary N) is 2. The van der Waals surface area contributed by atoms with Crippen LogP contribution in [0.5, 0.6) is 0 Å². The van der Waals surface area contributed by atoms with E-state index in [-0.39, 0.29) is 11.9 Å². The molecule has 0 bridgehead atoms. The fourth-order valence-electron chi connectivity index (χ4n) is 3.83. The quantitative estimate of drug-likeness (QED) is 0.240. The molecular formula is C29H27N3O3S. The Kier molecular flexibility index (Phi) is 8.36. The van der Waals surface area contributed by atoms with Gasteiger partial charge in [-0.2, -0.15) is 0 Å². The molecule has 0 saturated carbocycles. The van der Waals surface area contributed by atoms with Crippen LogP contribution in [0.1, 0.15) is 52.5 Å². The Hall–Kier alpha value is -4.10. The largest absolute Gasteiger partial charge is 0.436 e. The average Bonchev–Trinajstić information content (AvgIpc) is 2.92. The van der Waals surface area contributed by atoms with E-state index < -0.39 is 12.2 Å². The summed E-state index contributed by atoms with van der Waals surface area (Å²) in [5.41, 5.74) is 3.66. The third-order valence-electron chi connectivity index (χ3n) is 5.74. The highest BCUT2D eigenvalue weighted by Crippen LogP contribution is 2.26. The second-order valence-electron chi connectivity index (χ2n) is 8.18. The first kappa shape index (κ1) is 25.0. The lowest BCUT2D eigenvalue weighted by molar-refractivity contribution is 0.102. The predicted molar refractivity (Wildman–Crippen MR) is 143 cm³/mol. The fraction of sp³-hybridized carbons (Fsp3) is 0.138. The van der Waals surface area contributed by atoms with Crippen LogP contribution in [0.15, 0.2) is 108 Å². The van der Waals surface area contributed by atoms with Crippen LogP contribution < -0.4 is 10.6 Å². The maximum Gasteiger partial charge on any atom is 0.408 e. The SMILES string of the molecule is CC[C@H](NC(=O)O[C@@H](c1ccccc1)c1cccnc1)c1ccc(C(=O)Nc2ccccc2S)cc1. The predicted octanol–water partition coefficient (Wildman–Crippen LogP) is 6.59. The molecule has 2 atom stereocenters. The molecular weight excluding hydrogens is 470 g/mol. The number of rotatable bonds is 8. The lowest BCUT2D eigenvalue weighted by Crippen LogP contribution is -2.30. The number of benzene rings is 3. The molecule has 2 amide bonds. The summed E-state index contributed by atoms with van der Waals surface area (Å²) in [5, 5.41) is 5.82. The molecule has 0 radical (unpaired) electrons. The molecule has 4 rings (SSSR count). The van der Waals surface area contributed by atoms with E-state index in [2.05, 4.69) is 28.2 Å². The minimum Gasteiger partial charge on any atom is -0.436 e. The molecule has 4 aromatic rings. The summed E-state index contributed by atoms with van der Waals surface area (Å²) >= 11 is 4.37. The van der Waals surface area contributed by atoms with E-state index in [1.807, 2.05) is 79.7 Å². The van der Waals surface area contributed by atoms with Gasteiger partial charge in [-0.3, -0.25) is 9.78 Å². The first-order valence-electron chi connectivity index (χ1n) is 11.7. The van der Waals surface area contributed by atoms with Gasteiger partial charge < -0.3 is 15.4 Å². The van der Waals surface area contributed by atoms with Gasteiger partial charge in [0, 0.05) is 28.4 Å². The Labute approximate surface area is 216 Å². The number of alkyl carbamates (subject to hydrolysis) is 1. The summed E-state index contributed by atoms with van der Waals surface area (Å²) in [7, 11) is 0. The van der Waals surface area contributed by atoms with E-state index >= 15 is 0 Å². The molecule has 0 spiro atoms. The minimum atomic E-state index is -0.585. The second-order valence-corrected chi connectivity index (χ2v) is 8.66. The number of carbonyl (C=O) groups excluding carboxylic acids is 2. The molecule has 0 aliphatic rings. The molecule has 7 heteroatoms. The van der Waals surface area contributed by atoms with Crippen molar-refractivity contribution in [3.05, 3.63) is 126 Å². The average molecular weight is 498 g/mol. The third kappa shape index (κ3) is 6.31. The topological polar surface area (TPSA) is 80.3 Å². The van der Waals surface area contributed by atoms with E-state index in [1.165, 1.54) is 0 Å². The van der Waals surface area contributed by atoms with Gasteiger partial charge in [0.25, 0.3) is 5.91 Å². The smallest absolute Gasteiger partial charge is 0.408 e. The Bertz CT molecular complexity index is 1260. The molecule has 36 heavy (non-hydrogen) atoms. The number of hydrogen-bond donors (Lipinski definition) is 3. The molecule has 2 N–H and O–H groups in total. The maximum atomic E-state index is 12.9. The number of pyridine rings is 1. The van der Waals surface area contributed by atoms with Crippen molar-refractivity contribution in [3.63, 3.8) is 0 Å². The summed E-state index contributed by atoms with van der Waals surface area (Å²) in [6.45, 7) is 1.98. The van der Waals surface area contributed by atoms with Crippen LogP contribution in [0.25, 0.3) is 0 Å².